The summed E-state index contributed by atoms with van der Waals surface area (Å²) in [5, 5.41) is 16.9. The minimum Gasteiger partial charge on any atom is -0.391 e. The van der Waals surface area contributed by atoms with Crippen LogP contribution in [0.3, 0.4) is 0 Å². The number of ether oxygens (including phenoxy) is 1. The summed E-state index contributed by atoms with van der Waals surface area (Å²) in [4.78, 5) is 0. The standard InChI is InChI=1S/C9H18N2O4S/c1-3-9(6-10)16(13,14)11-5-4-8(12)7-15-2/h8-9,11-12H,3-5,7H2,1-2H3. The lowest BCUT2D eigenvalue weighted by Crippen LogP contribution is -2.35. The molecular formula is C9H18N2O4S. The van der Waals surface area contributed by atoms with Crippen molar-refractivity contribution < 1.29 is 18.3 Å². The Hall–Kier alpha value is -0.680. The molecule has 2 N–H and O–H groups in total. The first-order valence-electron chi connectivity index (χ1n) is 5.03. The molecule has 0 rings (SSSR count). The molecule has 94 valence electrons. The smallest absolute Gasteiger partial charge is 0.227 e. The maximum Gasteiger partial charge on any atom is 0.227 e. The van der Waals surface area contributed by atoms with Crippen LogP contribution < -0.4 is 4.72 Å². The van der Waals surface area contributed by atoms with Crippen LogP contribution in [-0.4, -0.2) is 45.1 Å². The van der Waals surface area contributed by atoms with Gasteiger partial charge in [0.15, 0.2) is 5.25 Å². The predicted octanol–water partition coefficient (Wildman–Crippen LogP) is -0.395. The zero-order chi connectivity index (χ0) is 12.6. The van der Waals surface area contributed by atoms with E-state index in [-0.39, 0.29) is 26.0 Å². The van der Waals surface area contributed by atoms with Gasteiger partial charge in [-0.25, -0.2) is 13.1 Å². The largest absolute Gasteiger partial charge is 0.391 e. The average molecular weight is 250 g/mol. The van der Waals surface area contributed by atoms with E-state index in [1.807, 2.05) is 0 Å². The van der Waals surface area contributed by atoms with Crippen LogP contribution in [0.25, 0.3) is 0 Å². The molecule has 0 aromatic carbocycles. The second-order valence-electron chi connectivity index (χ2n) is 3.36. The molecule has 0 saturated heterocycles. The SMILES string of the molecule is CCC(C#N)S(=O)(=O)NCCC(O)COC. The fourth-order valence-corrected chi connectivity index (χ4v) is 2.31. The minimum absolute atomic E-state index is 0.102. The van der Waals surface area contributed by atoms with Gasteiger partial charge in [0.25, 0.3) is 0 Å². The van der Waals surface area contributed by atoms with Crippen molar-refractivity contribution in [2.45, 2.75) is 31.1 Å². The quantitative estimate of drug-likeness (QED) is 0.611. The van der Waals surface area contributed by atoms with E-state index >= 15 is 0 Å². The molecule has 7 heteroatoms. The van der Waals surface area contributed by atoms with Crippen LogP contribution >= 0.6 is 0 Å². The van der Waals surface area contributed by atoms with E-state index in [4.69, 9.17) is 10.00 Å². The van der Waals surface area contributed by atoms with E-state index in [2.05, 4.69) is 4.72 Å². The van der Waals surface area contributed by atoms with Crippen molar-refractivity contribution in [2.75, 3.05) is 20.3 Å². The molecule has 0 saturated carbocycles. The maximum absolute atomic E-state index is 11.5. The summed E-state index contributed by atoms with van der Waals surface area (Å²) < 4.78 is 30.0. The summed E-state index contributed by atoms with van der Waals surface area (Å²) in [7, 11) is -2.14. The van der Waals surface area contributed by atoms with E-state index in [0.29, 0.717) is 0 Å². The summed E-state index contributed by atoms with van der Waals surface area (Å²) in [6.45, 7) is 1.90. The van der Waals surface area contributed by atoms with Crippen LogP contribution in [0, 0.1) is 11.3 Å². The Balaban J connectivity index is 4.06. The average Bonchev–Trinajstić information content (AvgIpc) is 2.19. The number of aliphatic hydroxyl groups is 1. The Kier molecular flexibility index (Phi) is 7.25. The molecule has 0 aromatic heterocycles. The van der Waals surface area contributed by atoms with Gasteiger partial charge in [0.1, 0.15) is 0 Å². The number of sulfonamides is 1. The van der Waals surface area contributed by atoms with E-state index in [9.17, 15) is 13.5 Å². The lowest BCUT2D eigenvalue weighted by atomic mass is 10.3. The third-order valence-electron chi connectivity index (χ3n) is 2.03. The number of nitriles is 1. The molecule has 0 aliphatic carbocycles. The molecule has 0 aliphatic heterocycles. The third kappa shape index (κ3) is 5.42. The van der Waals surface area contributed by atoms with Crippen LogP contribution in [-0.2, 0) is 14.8 Å². The highest BCUT2D eigenvalue weighted by Gasteiger charge is 2.22. The lowest BCUT2D eigenvalue weighted by molar-refractivity contribution is 0.0603. The van der Waals surface area contributed by atoms with Crippen LogP contribution in [0.2, 0.25) is 0 Å². The van der Waals surface area contributed by atoms with Gasteiger partial charge in [-0.2, -0.15) is 5.26 Å². The second kappa shape index (κ2) is 7.57. The first-order valence-corrected chi connectivity index (χ1v) is 6.57. The van der Waals surface area contributed by atoms with Crippen molar-refractivity contribution in [1.82, 2.24) is 4.72 Å². The highest BCUT2D eigenvalue weighted by atomic mass is 32.2. The molecular weight excluding hydrogens is 232 g/mol. The Labute approximate surface area is 96.3 Å². The van der Waals surface area contributed by atoms with Crippen molar-refractivity contribution in [3.05, 3.63) is 0 Å². The van der Waals surface area contributed by atoms with E-state index in [0.717, 1.165) is 0 Å². The van der Waals surface area contributed by atoms with Gasteiger partial charge in [0.05, 0.1) is 18.8 Å². The van der Waals surface area contributed by atoms with Gasteiger partial charge in [0.2, 0.25) is 10.0 Å². The lowest BCUT2D eigenvalue weighted by Gasteiger charge is -2.12. The minimum atomic E-state index is -3.60. The van der Waals surface area contributed by atoms with Gasteiger partial charge in [0, 0.05) is 13.7 Å². The summed E-state index contributed by atoms with van der Waals surface area (Å²) in [6, 6.07) is 1.72. The van der Waals surface area contributed by atoms with Crippen molar-refractivity contribution in [1.29, 1.82) is 5.26 Å². The Morgan fingerprint density at radius 2 is 2.19 bits per heavy atom. The summed E-state index contributed by atoms with van der Waals surface area (Å²) in [5.74, 6) is 0. The normalized spacial score (nSPS) is 15.4. The van der Waals surface area contributed by atoms with Crippen molar-refractivity contribution >= 4 is 10.0 Å². The molecule has 6 nitrogen and oxygen atoms in total. The topological polar surface area (TPSA) is 99.4 Å². The first-order chi connectivity index (χ1) is 7.47. The molecule has 0 radical (unpaired) electrons. The molecule has 2 unspecified atom stereocenters. The van der Waals surface area contributed by atoms with Gasteiger partial charge in [-0.1, -0.05) is 6.92 Å². The van der Waals surface area contributed by atoms with Gasteiger partial charge in [-0.05, 0) is 12.8 Å². The van der Waals surface area contributed by atoms with Crippen molar-refractivity contribution in [2.24, 2.45) is 0 Å². The zero-order valence-corrected chi connectivity index (χ0v) is 10.3. The fourth-order valence-electron chi connectivity index (χ4n) is 1.12. The van der Waals surface area contributed by atoms with Crippen LogP contribution in [0.1, 0.15) is 19.8 Å². The Morgan fingerprint density at radius 3 is 2.62 bits per heavy atom. The molecule has 0 bridgehead atoms. The van der Waals surface area contributed by atoms with E-state index in [1.165, 1.54) is 7.11 Å². The summed E-state index contributed by atoms with van der Waals surface area (Å²) in [5.41, 5.74) is 0. The highest BCUT2D eigenvalue weighted by molar-refractivity contribution is 7.90. The van der Waals surface area contributed by atoms with E-state index < -0.39 is 21.4 Å². The molecule has 0 heterocycles. The Morgan fingerprint density at radius 1 is 1.56 bits per heavy atom. The first kappa shape index (κ1) is 15.3. The molecule has 16 heavy (non-hydrogen) atoms. The molecule has 2 atom stereocenters. The van der Waals surface area contributed by atoms with Crippen LogP contribution in [0.5, 0.6) is 0 Å². The number of methoxy groups -OCH3 is 1. The molecule has 0 spiro atoms. The zero-order valence-electron chi connectivity index (χ0n) is 9.51. The Bertz CT molecular complexity index is 323. The van der Waals surface area contributed by atoms with Crippen molar-refractivity contribution in [3.63, 3.8) is 0 Å². The number of hydrogen-bond acceptors (Lipinski definition) is 5. The van der Waals surface area contributed by atoms with Crippen LogP contribution in [0.4, 0.5) is 0 Å². The molecule has 0 amide bonds. The highest BCUT2D eigenvalue weighted by Crippen LogP contribution is 2.02. The predicted molar refractivity (Wildman–Crippen MR) is 59.1 cm³/mol. The fraction of sp³-hybridized carbons (Fsp3) is 0.889. The maximum atomic E-state index is 11.5. The molecule has 0 fully saturated rings. The van der Waals surface area contributed by atoms with Gasteiger partial charge in [-0.3, -0.25) is 0 Å². The number of hydrogen-bond donors (Lipinski definition) is 2. The van der Waals surface area contributed by atoms with E-state index in [1.54, 1.807) is 13.0 Å². The van der Waals surface area contributed by atoms with Gasteiger partial charge in [-0.15, -0.1) is 0 Å². The third-order valence-corrected chi connectivity index (χ3v) is 3.82. The molecule has 0 aromatic rings. The van der Waals surface area contributed by atoms with Crippen molar-refractivity contribution in [3.8, 4) is 6.07 Å². The number of nitrogens with one attached hydrogen (secondary N) is 1. The van der Waals surface area contributed by atoms with Gasteiger partial charge < -0.3 is 9.84 Å². The number of nitrogens with zero attached hydrogens (tertiary/aromatic N) is 1. The second-order valence-corrected chi connectivity index (χ2v) is 5.31. The number of rotatable bonds is 8. The summed E-state index contributed by atoms with van der Waals surface area (Å²) >= 11 is 0. The summed E-state index contributed by atoms with van der Waals surface area (Å²) in [6.07, 6.45) is -0.198. The van der Waals surface area contributed by atoms with Gasteiger partial charge >= 0.3 is 0 Å². The van der Waals surface area contributed by atoms with Crippen LogP contribution in [0.15, 0.2) is 0 Å². The number of aliphatic hydroxyl groups excluding tert-OH is 1. The molecule has 0 aliphatic rings. The monoisotopic (exact) mass is 250 g/mol.